The summed E-state index contributed by atoms with van der Waals surface area (Å²) >= 11 is 0. The summed E-state index contributed by atoms with van der Waals surface area (Å²) in [5, 5.41) is 0. The third-order valence-electron chi connectivity index (χ3n) is 1.77. The molecule has 0 saturated carbocycles. The van der Waals surface area contributed by atoms with E-state index in [9.17, 15) is 4.79 Å². The van der Waals surface area contributed by atoms with Crippen LogP contribution in [0.1, 0.15) is 39.5 Å². The second kappa shape index (κ2) is 11.6. The zero-order valence-corrected chi connectivity index (χ0v) is 9.18. The van der Waals surface area contributed by atoms with Crippen LogP contribution in [0.4, 0.5) is 0 Å². The van der Waals surface area contributed by atoms with Crippen molar-refractivity contribution < 1.29 is 4.79 Å². The van der Waals surface area contributed by atoms with Gasteiger partial charge in [0, 0.05) is 12.3 Å². The van der Waals surface area contributed by atoms with Crippen molar-refractivity contribution in [1.29, 1.82) is 0 Å². The van der Waals surface area contributed by atoms with Crippen LogP contribution in [0.25, 0.3) is 0 Å². The van der Waals surface area contributed by atoms with Gasteiger partial charge in [-0.3, -0.25) is 4.79 Å². The lowest BCUT2D eigenvalue weighted by atomic mass is 10.0. The average molecular weight is 188 g/mol. The van der Waals surface area contributed by atoms with E-state index in [1.807, 2.05) is 13.8 Å². The minimum atomic E-state index is 0.202. The van der Waals surface area contributed by atoms with Crippen LogP contribution in [0.2, 0.25) is 0 Å². The van der Waals surface area contributed by atoms with Gasteiger partial charge < -0.3 is 11.5 Å². The Balaban J connectivity index is 0. The van der Waals surface area contributed by atoms with Gasteiger partial charge in [0.25, 0.3) is 0 Å². The number of rotatable bonds is 6. The van der Waals surface area contributed by atoms with Crippen molar-refractivity contribution in [1.82, 2.24) is 0 Å². The Bertz CT molecular complexity index is 113. The molecule has 0 radical (unpaired) electrons. The van der Waals surface area contributed by atoms with Crippen molar-refractivity contribution in [3.63, 3.8) is 0 Å². The maximum atomic E-state index is 11.1. The summed E-state index contributed by atoms with van der Waals surface area (Å²) < 4.78 is 0. The first-order chi connectivity index (χ1) is 6.18. The molecular weight excluding hydrogens is 164 g/mol. The number of hydrogen-bond donors (Lipinski definition) is 2. The van der Waals surface area contributed by atoms with Gasteiger partial charge in [0.2, 0.25) is 0 Å². The predicted octanol–water partition coefficient (Wildman–Crippen LogP) is 1.31. The van der Waals surface area contributed by atoms with Crippen molar-refractivity contribution in [3.05, 3.63) is 0 Å². The molecule has 80 valence electrons. The van der Waals surface area contributed by atoms with Gasteiger partial charge in [-0.25, -0.2) is 0 Å². The molecule has 0 aliphatic rings. The summed E-state index contributed by atoms with van der Waals surface area (Å²) in [5.41, 5.74) is 9.82. The number of nitrogens with two attached hydrogens (primary N) is 2. The fourth-order valence-corrected chi connectivity index (χ4v) is 0.909. The molecule has 0 aliphatic heterocycles. The normalized spacial score (nSPS) is 9.38. The highest BCUT2D eigenvalue weighted by Crippen LogP contribution is 2.05. The van der Waals surface area contributed by atoms with Gasteiger partial charge in [-0.2, -0.15) is 0 Å². The molecule has 0 rings (SSSR count). The Morgan fingerprint density at radius 2 is 1.69 bits per heavy atom. The summed E-state index contributed by atoms with van der Waals surface area (Å²) in [6, 6.07) is 0. The van der Waals surface area contributed by atoms with Gasteiger partial charge in [0.05, 0.1) is 0 Å². The molecule has 13 heavy (non-hydrogen) atoms. The molecule has 0 aromatic rings. The van der Waals surface area contributed by atoms with Gasteiger partial charge in [-0.15, -0.1) is 0 Å². The maximum Gasteiger partial charge on any atom is 0.135 e. The molecule has 3 heteroatoms. The van der Waals surface area contributed by atoms with Gasteiger partial charge in [0.1, 0.15) is 5.78 Å². The SMILES string of the molecule is CC(C)C(=O)CCCCCN.CN. The number of carbonyl (C=O) groups excluding carboxylic acids is 1. The molecule has 0 heterocycles. The van der Waals surface area contributed by atoms with Crippen LogP contribution in [0.15, 0.2) is 0 Å². The van der Waals surface area contributed by atoms with Gasteiger partial charge in [0.15, 0.2) is 0 Å². The highest BCUT2D eigenvalue weighted by Gasteiger charge is 2.05. The van der Waals surface area contributed by atoms with Crippen molar-refractivity contribution in [2.24, 2.45) is 17.4 Å². The van der Waals surface area contributed by atoms with Crippen LogP contribution in [-0.4, -0.2) is 19.4 Å². The first kappa shape index (κ1) is 15.1. The summed E-state index contributed by atoms with van der Waals surface area (Å²) in [6.45, 7) is 4.65. The largest absolute Gasteiger partial charge is 0.333 e. The van der Waals surface area contributed by atoms with Crippen molar-refractivity contribution >= 4 is 5.78 Å². The fourth-order valence-electron chi connectivity index (χ4n) is 0.909. The van der Waals surface area contributed by atoms with Crippen LogP contribution in [0.5, 0.6) is 0 Å². The average Bonchev–Trinajstić information content (AvgIpc) is 2.15. The topological polar surface area (TPSA) is 69.1 Å². The Labute approximate surface area is 81.9 Å². The van der Waals surface area contributed by atoms with E-state index in [1.165, 1.54) is 7.05 Å². The molecule has 0 unspecified atom stereocenters. The Morgan fingerprint density at radius 3 is 2.08 bits per heavy atom. The van der Waals surface area contributed by atoms with Gasteiger partial charge >= 0.3 is 0 Å². The second-order valence-electron chi connectivity index (χ2n) is 3.22. The minimum absolute atomic E-state index is 0.202. The molecular formula is C10H24N2O. The summed E-state index contributed by atoms with van der Waals surface area (Å²) in [6.07, 6.45) is 3.88. The van der Waals surface area contributed by atoms with Crippen molar-refractivity contribution in [2.45, 2.75) is 39.5 Å². The van der Waals surface area contributed by atoms with Crippen LogP contribution in [0.3, 0.4) is 0 Å². The number of Topliss-reactive ketones (excluding diaryl/α,β-unsaturated/α-hetero) is 1. The Hall–Kier alpha value is -0.410. The first-order valence-corrected chi connectivity index (χ1v) is 4.99. The van der Waals surface area contributed by atoms with Crippen LogP contribution in [-0.2, 0) is 4.79 Å². The zero-order valence-electron chi connectivity index (χ0n) is 9.18. The van der Waals surface area contributed by atoms with E-state index in [0.717, 1.165) is 32.2 Å². The highest BCUT2D eigenvalue weighted by molar-refractivity contribution is 5.80. The number of unbranched alkanes of at least 4 members (excludes halogenated alkanes) is 2. The molecule has 3 nitrogen and oxygen atoms in total. The molecule has 0 spiro atoms. The lowest BCUT2D eigenvalue weighted by Crippen LogP contribution is -2.06. The summed E-state index contributed by atoms with van der Waals surface area (Å²) in [4.78, 5) is 11.1. The molecule has 0 fully saturated rings. The van der Waals surface area contributed by atoms with Crippen LogP contribution < -0.4 is 11.5 Å². The molecule has 0 bridgehead atoms. The lowest BCUT2D eigenvalue weighted by molar-refractivity contribution is -0.122. The van der Waals surface area contributed by atoms with Crippen molar-refractivity contribution in [2.75, 3.05) is 13.6 Å². The van der Waals surface area contributed by atoms with Gasteiger partial charge in [-0.1, -0.05) is 20.3 Å². The first-order valence-electron chi connectivity index (χ1n) is 4.99. The fraction of sp³-hybridized carbons (Fsp3) is 0.900. The molecule has 0 saturated heterocycles. The highest BCUT2D eigenvalue weighted by atomic mass is 16.1. The molecule has 0 aliphatic carbocycles. The van der Waals surface area contributed by atoms with E-state index in [1.54, 1.807) is 0 Å². The number of carbonyl (C=O) groups is 1. The molecule has 0 atom stereocenters. The van der Waals surface area contributed by atoms with Gasteiger partial charge in [-0.05, 0) is 26.4 Å². The third kappa shape index (κ3) is 11.6. The molecule has 0 aromatic carbocycles. The van der Waals surface area contributed by atoms with E-state index in [2.05, 4.69) is 5.73 Å². The standard InChI is InChI=1S/C9H19NO.CH5N/c1-8(2)9(11)6-4-3-5-7-10;1-2/h8H,3-7,10H2,1-2H3;2H2,1H3. The third-order valence-corrected chi connectivity index (χ3v) is 1.77. The quantitative estimate of drug-likeness (QED) is 0.617. The Kier molecular flexibility index (Phi) is 13.4. The number of hydrogen-bond acceptors (Lipinski definition) is 3. The maximum absolute atomic E-state index is 11.1. The lowest BCUT2D eigenvalue weighted by Gasteiger charge is -2.02. The van der Waals surface area contributed by atoms with Crippen LogP contribution in [0, 0.1) is 5.92 Å². The van der Waals surface area contributed by atoms with E-state index < -0.39 is 0 Å². The van der Waals surface area contributed by atoms with E-state index in [4.69, 9.17) is 5.73 Å². The predicted molar refractivity (Wildman–Crippen MR) is 57.5 cm³/mol. The Morgan fingerprint density at radius 1 is 1.15 bits per heavy atom. The van der Waals surface area contributed by atoms with Crippen molar-refractivity contribution in [3.8, 4) is 0 Å². The summed E-state index contributed by atoms with van der Waals surface area (Å²) in [5.74, 6) is 0.579. The second-order valence-corrected chi connectivity index (χ2v) is 3.22. The van der Waals surface area contributed by atoms with E-state index in [0.29, 0.717) is 5.78 Å². The zero-order chi connectivity index (χ0) is 10.7. The van der Waals surface area contributed by atoms with E-state index in [-0.39, 0.29) is 5.92 Å². The molecule has 0 aromatic heterocycles. The van der Waals surface area contributed by atoms with E-state index >= 15 is 0 Å². The number of ketones is 1. The molecule has 4 N–H and O–H groups in total. The minimum Gasteiger partial charge on any atom is -0.333 e. The summed E-state index contributed by atoms with van der Waals surface area (Å²) in [7, 11) is 1.50. The van der Waals surface area contributed by atoms with Crippen LogP contribution >= 0.6 is 0 Å². The monoisotopic (exact) mass is 188 g/mol. The smallest absolute Gasteiger partial charge is 0.135 e. The molecule has 0 amide bonds.